The van der Waals surface area contributed by atoms with Crippen LogP contribution in [0.4, 0.5) is 4.79 Å². The molecular weight excluding hydrogens is 228 g/mol. The Morgan fingerprint density at radius 2 is 2.17 bits per heavy atom. The summed E-state index contributed by atoms with van der Waals surface area (Å²) in [6.07, 6.45) is 5.80. The van der Waals surface area contributed by atoms with Crippen molar-refractivity contribution < 1.29 is 9.90 Å². The van der Waals surface area contributed by atoms with Gasteiger partial charge in [0.25, 0.3) is 0 Å². The molecule has 0 unspecified atom stereocenters. The minimum Gasteiger partial charge on any atom is -0.393 e. The molecule has 3 fully saturated rings. The number of carbonyl (C=O) groups is 1. The molecule has 102 valence electrons. The standard InChI is InChI=1S/C14H24N2O2/c1-9(17)12-4-5-16(8-12)14(18)15-13-7-10-2-3-11(13)6-10/h9-13,17H,2-8H2,1H3,(H,15,18)/t9-,10-,11-,12+,13-/m0/s1. The van der Waals surface area contributed by atoms with E-state index >= 15 is 0 Å². The number of nitrogens with one attached hydrogen (secondary N) is 1. The lowest BCUT2D eigenvalue weighted by Gasteiger charge is -2.26. The predicted molar refractivity (Wildman–Crippen MR) is 69.1 cm³/mol. The summed E-state index contributed by atoms with van der Waals surface area (Å²) in [5.74, 6) is 1.86. The number of nitrogens with zero attached hydrogens (tertiary/aromatic N) is 1. The maximum Gasteiger partial charge on any atom is 0.317 e. The van der Waals surface area contributed by atoms with Gasteiger partial charge in [0, 0.05) is 25.0 Å². The molecule has 2 aliphatic carbocycles. The molecule has 0 aromatic carbocycles. The number of fused-ring (bicyclic) bond motifs is 2. The van der Waals surface area contributed by atoms with Gasteiger partial charge in [0.2, 0.25) is 0 Å². The van der Waals surface area contributed by atoms with Crippen molar-refractivity contribution in [2.24, 2.45) is 17.8 Å². The van der Waals surface area contributed by atoms with Crippen LogP contribution in [0.2, 0.25) is 0 Å². The average molecular weight is 252 g/mol. The Balaban J connectivity index is 1.50. The van der Waals surface area contributed by atoms with Crippen LogP contribution in [0.3, 0.4) is 0 Å². The molecule has 0 aromatic rings. The maximum absolute atomic E-state index is 12.2. The van der Waals surface area contributed by atoms with Crippen molar-refractivity contribution in [1.29, 1.82) is 0 Å². The predicted octanol–water partition coefficient (Wildman–Crippen LogP) is 1.59. The largest absolute Gasteiger partial charge is 0.393 e. The van der Waals surface area contributed by atoms with E-state index in [1.165, 1.54) is 25.7 Å². The molecule has 2 amide bonds. The van der Waals surface area contributed by atoms with E-state index in [2.05, 4.69) is 5.32 Å². The number of hydrogen-bond donors (Lipinski definition) is 2. The summed E-state index contributed by atoms with van der Waals surface area (Å²) in [5.41, 5.74) is 0. The molecule has 1 heterocycles. The molecule has 1 saturated heterocycles. The van der Waals surface area contributed by atoms with Gasteiger partial charge in [0.1, 0.15) is 0 Å². The molecule has 2 bridgehead atoms. The Kier molecular flexibility index (Phi) is 3.22. The van der Waals surface area contributed by atoms with Crippen molar-refractivity contribution in [2.75, 3.05) is 13.1 Å². The lowest BCUT2D eigenvalue weighted by Crippen LogP contribution is -2.46. The van der Waals surface area contributed by atoms with Crippen molar-refractivity contribution >= 4 is 6.03 Å². The van der Waals surface area contributed by atoms with Gasteiger partial charge in [-0.3, -0.25) is 0 Å². The van der Waals surface area contributed by atoms with Gasteiger partial charge in [0.05, 0.1) is 6.10 Å². The van der Waals surface area contributed by atoms with Crippen molar-refractivity contribution in [2.45, 2.75) is 51.2 Å². The second-order valence-electron chi connectivity index (χ2n) is 6.47. The van der Waals surface area contributed by atoms with Crippen molar-refractivity contribution in [3.05, 3.63) is 0 Å². The first-order chi connectivity index (χ1) is 8.63. The average Bonchev–Trinajstić information content (AvgIpc) is 3.04. The molecule has 2 saturated carbocycles. The molecule has 0 radical (unpaired) electrons. The number of aliphatic hydroxyl groups excluding tert-OH is 1. The van der Waals surface area contributed by atoms with E-state index in [1.807, 2.05) is 11.8 Å². The molecule has 18 heavy (non-hydrogen) atoms. The van der Waals surface area contributed by atoms with Crippen LogP contribution in [0.25, 0.3) is 0 Å². The van der Waals surface area contributed by atoms with Crippen LogP contribution in [0.1, 0.15) is 39.0 Å². The Labute approximate surface area is 109 Å². The lowest BCUT2D eigenvalue weighted by atomic mass is 9.95. The normalized spacial score (nSPS) is 40.2. The van der Waals surface area contributed by atoms with E-state index in [0.717, 1.165) is 24.8 Å². The van der Waals surface area contributed by atoms with Crippen molar-refractivity contribution in [3.8, 4) is 0 Å². The quantitative estimate of drug-likeness (QED) is 0.784. The monoisotopic (exact) mass is 252 g/mol. The highest BCUT2D eigenvalue weighted by atomic mass is 16.3. The van der Waals surface area contributed by atoms with Crippen LogP contribution in [0, 0.1) is 17.8 Å². The van der Waals surface area contributed by atoms with Crippen molar-refractivity contribution in [1.82, 2.24) is 10.2 Å². The topological polar surface area (TPSA) is 52.6 Å². The van der Waals surface area contributed by atoms with Gasteiger partial charge in [-0.25, -0.2) is 4.79 Å². The van der Waals surface area contributed by atoms with E-state index in [1.54, 1.807) is 0 Å². The summed E-state index contributed by atoms with van der Waals surface area (Å²) in [4.78, 5) is 14.1. The highest BCUT2D eigenvalue weighted by Crippen LogP contribution is 2.44. The van der Waals surface area contributed by atoms with Crippen LogP contribution in [0.5, 0.6) is 0 Å². The van der Waals surface area contributed by atoms with E-state index in [4.69, 9.17) is 0 Å². The van der Waals surface area contributed by atoms with Crippen molar-refractivity contribution in [3.63, 3.8) is 0 Å². The van der Waals surface area contributed by atoms with Gasteiger partial charge in [-0.15, -0.1) is 0 Å². The van der Waals surface area contributed by atoms with Gasteiger partial charge in [-0.05, 0) is 44.4 Å². The van der Waals surface area contributed by atoms with Gasteiger partial charge in [-0.2, -0.15) is 0 Å². The summed E-state index contributed by atoms with van der Waals surface area (Å²) < 4.78 is 0. The molecule has 1 aliphatic heterocycles. The first-order valence-corrected chi connectivity index (χ1v) is 7.37. The van der Waals surface area contributed by atoms with E-state index in [0.29, 0.717) is 12.6 Å². The summed E-state index contributed by atoms with van der Waals surface area (Å²) in [6.45, 7) is 3.33. The molecule has 3 rings (SSSR count). The third-order valence-corrected chi connectivity index (χ3v) is 5.24. The molecule has 4 nitrogen and oxygen atoms in total. The number of hydrogen-bond acceptors (Lipinski definition) is 2. The highest BCUT2D eigenvalue weighted by Gasteiger charge is 2.41. The van der Waals surface area contributed by atoms with Crippen LogP contribution < -0.4 is 5.32 Å². The van der Waals surface area contributed by atoms with Crippen LogP contribution in [-0.4, -0.2) is 41.3 Å². The fourth-order valence-corrected chi connectivity index (χ4v) is 4.04. The minimum atomic E-state index is -0.301. The van der Waals surface area contributed by atoms with Gasteiger partial charge >= 0.3 is 6.03 Å². The number of likely N-dealkylation sites (tertiary alicyclic amines) is 1. The van der Waals surface area contributed by atoms with Crippen LogP contribution in [-0.2, 0) is 0 Å². The Bertz CT molecular complexity index is 332. The van der Waals surface area contributed by atoms with E-state index < -0.39 is 0 Å². The first kappa shape index (κ1) is 12.3. The fraction of sp³-hybridized carbons (Fsp3) is 0.929. The Morgan fingerprint density at radius 1 is 1.33 bits per heavy atom. The van der Waals surface area contributed by atoms with Gasteiger partial charge < -0.3 is 15.3 Å². The molecule has 2 N–H and O–H groups in total. The smallest absolute Gasteiger partial charge is 0.317 e. The van der Waals surface area contributed by atoms with Gasteiger partial charge in [-0.1, -0.05) is 6.42 Å². The molecule has 4 heteroatoms. The second kappa shape index (κ2) is 4.72. The van der Waals surface area contributed by atoms with Crippen LogP contribution in [0.15, 0.2) is 0 Å². The number of aliphatic hydroxyl groups is 1. The maximum atomic E-state index is 12.2. The molecule has 0 aromatic heterocycles. The summed E-state index contributed by atoms with van der Waals surface area (Å²) >= 11 is 0. The number of urea groups is 1. The van der Waals surface area contributed by atoms with E-state index in [-0.39, 0.29) is 18.1 Å². The van der Waals surface area contributed by atoms with E-state index in [9.17, 15) is 9.90 Å². The fourth-order valence-electron chi connectivity index (χ4n) is 4.04. The Morgan fingerprint density at radius 3 is 2.72 bits per heavy atom. The minimum absolute atomic E-state index is 0.0932. The number of carbonyl (C=O) groups excluding carboxylic acids is 1. The summed E-state index contributed by atoms with van der Waals surface area (Å²) in [5, 5.41) is 12.8. The SMILES string of the molecule is C[C@H](O)[C@@H]1CCN(C(=O)N[C@H]2C[C@H]3CC[C@H]2C3)C1. The lowest BCUT2D eigenvalue weighted by molar-refractivity contribution is 0.128. The summed E-state index contributed by atoms with van der Waals surface area (Å²) in [7, 11) is 0. The first-order valence-electron chi connectivity index (χ1n) is 7.37. The number of rotatable bonds is 2. The zero-order valence-electron chi connectivity index (χ0n) is 11.1. The number of amides is 2. The highest BCUT2D eigenvalue weighted by molar-refractivity contribution is 5.75. The van der Waals surface area contributed by atoms with Crippen LogP contribution >= 0.6 is 0 Å². The van der Waals surface area contributed by atoms with Gasteiger partial charge in [0.15, 0.2) is 0 Å². The zero-order valence-corrected chi connectivity index (χ0v) is 11.1. The third-order valence-electron chi connectivity index (χ3n) is 5.24. The third kappa shape index (κ3) is 2.22. The summed E-state index contributed by atoms with van der Waals surface area (Å²) in [6, 6.07) is 0.512. The second-order valence-corrected chi connectivity index (χ2v) is 6.47. The molecule has 0 spiro atoms. The Hall–Kier alpha value is -0.770. The zero-order chi connectivity index (χ0) is 12.7. The molecule has 5 atom stereocenters. The molecular formula is C14H24N2O2. The molecule has 3 aliphatic rings.